The fourth-order valence-electron chi connectivity index (χ4n) is 1.69. The van der Waals surface area contributed by atoms with Gasteiger partial charge in [-0.3, -0.25) is 0 Å². The lowest BCUT2D eigenvalue weighted by Gasteiger charge is -2.26. The third-order valence-electron chi connectivity index (χ3n) is 2.55. The Morgan fingerprint density at radius 2 is 1.56 bits per heavy atom. The molecule has 2 aromatic carbocycles. The van der Waals surface area contributed by atoms with Gasteiger partial charge in [-0.15, -0.1) is 0 Å². The lowest BCUT2D eigenvalue weighted by molar-refractivity contribution is -0.187. The summed E-state index contributed by atoms with van der Waals surface area (Å²) >= 11 is 0. The molecule has 1 saturated heterocycles. The Morgan fingerprint density at radius 1 is 0.889 bits per heavy atom. The van der Waals surface area contributed by atoms with Crippen molar-refractivity contribution in [2.75, 3.05) is 0 Å². The minimum atomic E-state index is -0.669. The van der Waals surface area contributed by atoms with Crippen LogP contribution in [0.4, 0.5) is 4.79 Å². The first-order valence-electron chi connectivity index (χ1n) is 5.52. The van der Waals surface area contributed by atoms with Crippen molar-refractivity contribution in [1.82, 2.24) is 0 Å². The van der Waals surface area contributed by atoms with Crippen molar-refractivity contribution >= 4 is 6.16 Å². The van der Waals surface area contributed by atoms with Gasteiger partial charge in [0.2, 0.25) is 0 Å². The van der Waals surface area contributed by atoms with Crippen molar-refractivity contribution in [3.05, 3.63) is 60.2 Å². The van der Waals surface area contributed by atoms with Crippen molar-refractivity contribution in [2.45, 2.75) is 6.29 Å². The van der Waals surface area contributed by atoms with Gasteiger partial charge in [0.1, 0.15) is 11.5 Å². The van der Waals surface area contributed by atoms with E-state index in [0.717, 1.165) is 5.75 Å². The molecule has 18 heavy (non-hydrogen) atoms. The molecule has 90 valence electrons. The summed E-state index contributed by atoms with van der Waals surface area (Å²) in [7, 11) is 0. The molecule has 0 spiro atoms. The van der Waals surface area contributed by atoms with E-state index in [1.54, 1.807) is 12.1 Å². The monoisotopic (exact) mass is 242 g/mol. The maximum absolute atomic E-state index is 10.7. The number of ether oxygens (including phenoxy) is 3. The second-order valence-corrected chi connectivity index (χ2v) is 3.77. The molecule has 0 bridgehead atoms. The van der Waals surface area contributed by atoms with Gasteiger partial charge in [0.05, 0.1) is 5.56 Å². The van der Waals surface area contributed by atoms with Crippen LogP contribution in [0.1, 0.15) is 11.9 Å². The number of hydrogen-bond acceptors (Lipinski definition) is 4. The van der Waals surface area contributed by atoms with Gasteiger partial charge in [0.25, 0.3) is 6.29 Å². The third-order valence-corrected chi connectivity index (χ3v) is 2.55. The number of benzene rings is 2. The highest BCUT2D eigenvalue weighted by atomic mass is 16.9. The van der Waals surface area contributed by atoms with Gasteiger partial charge < -0.3 is 14.2 Å². The second kappa shape index (κ2) is 4.41. The summed E-state index contributed by atoms with van der Waals surface area (Å²) in [5, 5.41) is 0. The Balaban J connectivity index is 1.85. The van der Waals surface area contributed by atoms with Crippen LogP contribution in [0, 0.1) is 0 Å². The minimum Gasteiger partial charge on any atom is -0.457 e. The molecule has 0 saturated carbocycles. The molecule has 1 fully saturated rings. The molecule has 1 aliphatic rings. The summed E-state index contributed by atoms with van der Waals surface area (Å²) in [5.41, 5.74) is 0.695. The van der Waals surface area contributed by atoms with Crippen molar-refractivity contribution in [3.63, 3.8) is 0 Å². The molecular formula is C14H10O4. The number of carbonyl (C=O) groups excluding carboxylic acids is 1. The van der Waals surface area contributed by atoms with Crippen molar-refractivity contribution < 1.29 is 19.0 Å². The molecule has 3 rings (SSSR count). The van der Waals surface area contributed by atoms with Gasteiger partial charge in [-0.2, -0.15) is 0 Å². The molecule has 4 heteroatoms. The molecule has 0 aliphatic carbocycles. The minimum absolute atomic E-state index is 0.612. The van der Waals surface area contributed by atoms with E-state index in [1.807, 2.05) is 42.5 Å². The summed E-state index contributed by atoms with van der Waals surface area (Å²) < 4.78 is 15.5. The second-order valence-electron chi connectivity index (χ2n) is 3.77. The fourth-order valence-corrected chi connectivity index (χ4v) is 1.69. The average Bonchev–Trinajstić information content (AvgIpc) is 2.37. The van der Waals surface area contributed by atoms with Crippen LogP contribution in [0.5, 0.6) is 11.5 Å². The smallest absolute Gasteiger partial charge is 0.457 e. The first-order valence-corrected chi connectivity index (χ1v) is 5.52. The summed E-state index contributed by atoms with van der Waals surface area (Å²) in [6, 6.07) is 16.7. The first kappa shape index (κ1) is 10.7. The molecule has 2 aromatic rings. The molecule has 0 atom stereocenters. The van der Waals surface area contributed by atoms with E-state index in [-0.39, 0.29) is 0 Å². The zero-order valence-corrected chi connectivity index (χ0v) is 9.41. The molecule has 0 N–H and O–H groups in total. The number of rotatable bonds is 3. The molecule has 1 aliphatic heterocycles. The summed E-state index contributed by atoms with van der Waals surface area (Å²) in [6.07, 6.45) is -1.33. The van der Waals surface area contributed by atoms with Crippen LogP contribution in [0.2, 0.25) is 0 Å². The number of carbonyl (C=O) groups is 1. The molecule has 0 unspecified atom stereocenters. The quantitative estimate of drug-likeness (QED) is 0.771. The Bertz CT molecular complexity index is 557. The van der Waals surface area contributed by atoms with Crippen LogP contribution in [-0.2, 0) is 9.47 Å². The van der Waals surface area contributed by atoms with Gasteiger partial charge in [-0.05, 0) is 24.3 Å². The van der Waals surface area contributed by atoms with Crippen LogP contribution in [-0.4, -0.2) is 6.16 Å². The normalized spacial score (nSPS) is 14.3. The lowest BCUT2D eigenvalue weighted by Crippen LogP contribution is -2.27. The van der Waals surface area contributed by atoms with E-state index >= 15 is 0 Å². The topological polar surface area (TPSA) is 44.8 Å². The van der Waals surface area contributed by atoms with E-state index in [0.29, 0.717) is 11.3 Å². The van der Waals surface area contributed by atoms with Gasteiger partial charge >= 0.3 is 6.16 Å². The van der Waals surface area contributed by atoms with E-state index in [1.165, 1.54) is 0 Å². The van der Waals surface area contributed by atoms with Crippen LogP contribution in [0.15, 0.2) is 54.6 Å². The summed E-state index contributed by atoms with van der Waals surface area (Å²) in [4.78, 5) is 10.7. The highest BCUT2D eigenvalue weighted by molar-refractivity contribution is 5.65. The van der Waals surface area contributed by atoms with E-state index in [4.69, 9.17) is 14.2 Å². The first-order chi connectivity index (χ1) is 8.83. The van der Waals surface area contributed by atoms with Crippen LogP contribution >= 0.6 is 0 Å². The van der Waals surface area contributed by atoms with E-state index < -0.39 is 12.4 Å². The Kier molecular flexibility index (Phi) is 2.61. The number of cyclic esters (lactones) is 2. The van der Waals surface area contributed by atoms with Crippen molar-refractivity contribution in [1.29, 1.82) is 0 Å². The van der Waals surface area contributed by atoms with Crippen molar-refractivity contribution in [2.24, 2.45) is 0 Å². The maximum Gasteiger partial charge on any atom is 0.515 e. The highest BCUT2D eigenvalue weighted by Gasteiger charge is 2.34. The van der Waals surface area contributed by atoms with Gasteiger partial charge in [0, 0.05) is 0 Å². The predicted octanol–water partition coefficient (Wildman–Crippen LogP) is 3.64. The van der Waals surface area contributed by atoms with Crippen molar-refractivity contribution in [3.8, 4) is 11.5 Å². The largest absolute Gasteiger partial charge is 0.515 e. The lowest BCUT2D eigenvalue weighted by atomic mass is 10.2. The number of para-hydroxylation sites is 2. The summed E-state index contributed by atoms with van der Waals surface area (Å²) in [6.45, 7) is 0. The standard InChI is InChI=1S/C14H10O4/c15-14-17-13(18-14)11-8-4-5-9-12(11)16-10-6-2-1-3-7-10/h1-9,13H. The van der Waals surface area contributed by atoms with Crippen LogP contribution < -0.4 is 4.74 Å². The predicted molar refractivity (Wildman–Crippen MR) is 63.3 cm³/mol. The number of hydrogen-bond donors (Lipinski definition) is 0. The van der Waals surface area contributed by atoms with Gasteiger partial charge in [-0.1, -0.05) is 30.3 Å². The molecule has 1 heterocycles. The zero-order valence-electron chi connectivity index (χ0n) is 9.41. The Labute approximate surface area is 104 Å². The Hall–Kier alpha value is -2.49. The van der Waals surface area contributed by atoms with Crippen LogP contribution in [0.25, 0.3) is 0 Å². The molecule has 0 aromatic heterocycles. The average molecular weight is 242 g/mol. The highest BCUT2D eigenvalue weighted by Crippen LogP contribution is 2.36. The van der Waals surface area contributed by atoms with E-state index in [2.05, 4.69) is 0 Å². The third kappa shape index (κ3) is 2.00. The summed E-state index contributed by atoms with van der Waals surface area (Å²) in [5.74, 6) is 1.33. The van der Waals surface area contributed by atoms with Crippen LogP contribution in [0.3, 0.4) is 0 Å². The molecule has 0 amide bonds. The van der Waals surface area contributed by atoms with Gasteiger partial charge in [0.15, 0.2) is 0 Å². The maximum atomic E-state index is 10.7. The molecule has 4 nitrogen and oxygen atoms in total. The zero-order chi connectivity index (χ0) is 12.4. The Morgan fingerprint density at radius 3 is 2.28 bits per heavy atom. The van der Waals surface area contributed by atoms with E-state index in [9.17, 15) is 4.79 Å². The fraction of sp³-hybridized carbons (Fsp3) is 0.0714. The molecule has 0 radical (unpaired) electrons. The SMILES string of the molecule is O=C1OC(c2ccccc2Oc2ccccc2)O1. The molecular weight excluding hydrogens is 232 g/mol. The van der Waals surface area contributed by atoms with Gasteiger partial charge in [-0.25, -0.2) is 4.79 Å².